The first-order valence-corrected chi connectivity index (χ1v) is 4.55. The van der Waals surface area contributed by atoms with Crippen molar-refractivity contribution >= 4 is 18.0 Å². The summed E-state index contributed by atoms with van der Waals surface area (Å²) >= 11 is 0. The van der Waals surface area contributed by atoms with Crippen LogP contribution in [-0.4, -0.2) is 29.1 Å². The number of carbonyl (C=O) groups excluding carboxylic acids is 1. The number of carboxylic acids is 1. The second-order valence-electron chi connectivity index (χ2n) is 2.99. The van der Waals surface area contributed by atoms with Crippen molar-refractivity contribution in [1.29, 1.82) is 0 Å². The molecule has 16 heavy (non-hydrogen) atoms. The number of nitrogens with zero attached hydrogens (tertiary/aromatic N) is 1. The fourth-order valence-corrected chi connectivity index (χ4v) is 1.04. The van der Waals surface area contributed by atoms with Crippen molar-refractivity contribution < 1.29 is 19.4 Å². The molecule has 84 valence electrons. The first-order valence-electron chi connectivity index (χ1n) is 4.55. The molecule has 0 amide bonds. The van der Waals surface area contributed by atoms with Gasteiger partial charge in [-0.2, -0.15) is 0 Å². The highest BCUT2D eigenvalue weighted by Crippen LogP contribution is 2.05. The molecule has 1 heterocycles. The van der Waals surface area contributed by atoms with Crippen LogP contribution in [0.4, 0.5) is 0 Å². The van der Waals surface area contributed by atoms with Crippen molar-refractivity contribution in [2.24, 2.45) is 0 Å². The van der Waals surface area contributed by atoms with Gasteiger partial charge in [0, 0.05) is 12.4 Å². The Morgan fingerprint density at radius 3 is 2.88 bits per heavy atom. The number of carbonyl (C=O) groups is 2. The summed E-state index contributed by atoms with van der Waals surface area (Å²) in [5.74, 6) is -1.38. The number of aromatic nitrogens is 1. The fourth-order valence-electron chi connectivity index (χ4n) is 1.04. The summed E-state index contributed by atoms with van der Waals surface area (Å²) in [4.78, 5) is 25.2. The van der Waals surface area contributed by atoms with Crippen molar-refractivity contribution in [2.75, 3.05) is 7.11 Å². The fraction of sp³-hybridized carbons (Fsp3) is 0.182. The molecule has 0 aliphatic heterocycles. The van der Waals surface area contributed by atoms with Crippen LogP contribution in [0.3, 0.4) is 0 Å². The topological polar surface area (TPSA) is 76.5 Å². The van der Waals surface area contributed by atoms with E-state index in [1.165, 1.54) is 25.6 Å². The minimum atomic E-state index is -1.03. The largest absolute Gasteiger partial charge is 0.478 e. The van der Waals surface area contributed by atoms with Crippen LogP contribution < -0.4 is 0 Å². The van der Waals surface area contributed by atoms with E-state index >= 15 is 0 Å². The third-order valence-electron chi connectivity index (χ3n) is 1.83. The van der Waals surface area contributed by atoms with Gasteiger partial charge in [-0.3, -0.25) is 9.78 Å². The van der Waals surface area contributed by atoms with E-state index in [1.807, 2.05) is 0 Å². The molecule has 1 aromatic heterocycles. The molecule has 1 rings (SSSR count). The Balaban J connectivity index is 2.70. The highest BCUT2D eigenvalue weighted by atomic mass is 16.5. The number of hydrogen-bond donors (Lipinski definition) is 1. The molecular formula is C11H11NO4. The average molecular weight is 221 g/mol. The number of methoxy groups -OCH3 is 1. The van der Waals surface area contributed by atoms with Gasteiger partial charge in [-0.1, -0.05) is 12.2 Å². The zero-order valence-electron chi connectivity index (χ0n) is 8.71. The van der Waals surface area contributed by atoms with Crippen LogP contribution in [-0.2, 0) is 9.53 Å². The zero-order chi connectivity index (χ0) is 12.0. The number of carboxylic acid groups (broad SMARTS) is 1. The minimum absolute atomic E-state index is 0.111. The van der Waals surface area contributed by atoms with Crippen LogP contribution in [0.25, 0.3) is 6.08 Å². The van der Waals surface area contributed by atoms with Crippen LogP contribution in [0.1, 0.15) is 22.3 Å². The second-order valence-corrected chi connectivity index (χ2v) is 2.99. The zero-order valence-corrected chi connectivity index (χ0v) is 8.71. The Hall–Kier alpha value is -2.17. The maximum Gasteiger partial charge on any atom is 0.337 e. The standard InChI is InChI=1S/C11H11NO4/c1-16-10(13)4-2-3-8-5-9(11(14)15)7-12-6-8/h2-3,5-7H,4H2,1H3,(H,14,15). The number of aromatic carboxylic acids is 1. The lowest BCUT2D eigenvalue weighted by molar-refractivity contribution is -0.139. The van der Waals surface area contributed by atoms with Crippen molar-refractivity contribution in [3.8, 4) is 0 Å². The van der Waals surface area contributed by atoms with Crippen LogP contribution in [0, 0.1) is 0 Å². The molecule has 0 radical (unpaired) electrons. The van der Waals surface area contributed by atoms with E-state index < -0.39 is 5.97 Å². The van der Waals surface area contributed by atoms with E-state index in [-0.39, 0.29) is 18.0 Å². The number of ether oxygens (including phenoxy) is 1. The van der Waals surface area contributed by atoms with Crippen LogP contribution in [0.5, 0.6) is 0 Å². The molecule has 0 atom stereocenters. The average Bonchev–Trinajstić information content (AvgIpc) is 2.29. The maximum atomic E-state index is 10.8. The van der Waals surface area contributed by atoms with Crippen LogP contribution in [0.2, 0.25) is 0 Å². The molecule has 1 aromatic rings. The highest BCUT2D eigenvalue weighted by Gasteiger charge is 2.02. The molecule has 0 saturated carbocycles. The molecule has 0 unspecified atom stereocenters. The molecule has 0 spiro atoms. The lowest BCUT2D eigenvalue weighted by Crippen LogP contribution is -1.98. The minimum Gasteiger partial charge on any atom is -0.478 e. The SMILES string of the molecule is COC(=O)CC=Cc1cncc(C(=O)O)c1. The Morgan fingerprint density at radius 1 is 1.50 bits per heavy atom. The van der Waals surface area contributed by atoms with Gasteiger partial charge in [0.25, 0.3) is 0 Å². The normalized spacial score (nSPS) is 10.3. The molecule has 0 saturated heterocycles. The van der Waals surface area contributed by atoms with Gasteiger partial charge in [-0.25, -0.2) is 4.79 Å². The Bertz CT molecular complexity index is 426. The predicted octanol–water partition coefficient (Wildman–Crippen LogP) is 1.36. The maximum absolute atomic E-state index is 10.8. The van der Waals surface area contributed by atoms with Gasteiger partial charge in [0.15, 0.2) is 0 Å². The van der Waals surface area contributed by atoms with E-state index in [0.29, 0.717) is 5.56 Å². The van der Waals surface area contributed by atoms with Crippen molar-refractivity contribution in [3.05, 3.63) is 35.7 Å². The van der Waals surface area contributed by atoms with Gasteiger partial charge in [-0.15, -0.1) is 0 Å². The van der Waals surface area contributed by atoms with Crippen molar-refractivity contribution in [3.63, 3.8) is 0 Å². The molecule has 0 aliphatic carbocycles. The molecule has 0 aliphatic rings. The van der Waals surface area contributed by atoms with Gasteiger partial charge >= 0.3 is 11.9 Å². The second kappa shape index (κ2) is 5.65. The summed E-state index contributed by atoms with van der Waals surface area (Å²) in [5.41, 5.74) is 0.740. The molecule has 0 bridgehead atoms. The predicted molar refractivity (Wildman–Crippen MR) is 56.9 cm³/mol. The number of pyridine rings is 1. The van der Waals surface area contributed by atoms with E-state index in [1.54, 1.807) is 12.2 Å². The van der Waals surface area contributed by atoms with Gasteiger partial charge in [0.2, 0.25) is 0 Å². The molecular weight excluding hydrogens is 210 g/mol. The smallest absolute Gasteiger partial charge is 0.337 e. The van der Waals surface area contributed by atoms with Gasteiger partial charge in [-0.05, 0) is 11.6 Å². The van der Waals surface area contributed by atoms with Crippen molar-refractivity contribution in [2.45, 2.75) is 6.42 Å². The molecule has 1 N–H and O–H groups in total. The van der Waals surface area contributed by atoms with Crippen LogP contribution >= 0.6 is 0 Å². The quantitative estimate of drug-likeness (QED) is 0.777. The van der Waals surface area contributed by atoms with Gasteiger partial charge in [0.1, 0.15) is 0 Å². The third kappa shape index (κ3) is 3.53. The van der Waals surface area contributed by atoms with E-state index in [9.17, 15) is 9.59 Å². The monoisotopic (exact) mass is 221 g/mol. The first kappa shape index (κ1) is 11.9. The van der Waals surface area contributed by atoms with Crippen LogP contribution in [0.15, 0.2) is 24.5 Å². The Labute approximate surface area is 92.4 Å². The lowest BCUT2D eigenvalue weighted by Gasteiger charge is -1.96. The summed E-state index contributed by atoms with van der Waals surface area (Å²) in [5, 5.41) is 8.72. The van der Waals surface area contributed by atoms with Crippen molar-refractivity contribution in [1.82, 2.24) is 4.98 Å². The highest BCUT2D eigenvalue weighted by molar-refractivity contribution is 5.87. The van der Waals surface area contributed by atoms with Gasteiger partial charge in [0.05, 0.1) is 19.1 Å². The molecule has 0 aromatic carbocycles. The lowest BCUT2D eigenvalue weighted by atomic mass is 10.2. The summed E-state index contributed by atoms with van der Waals surface area (Å²) in [7, 11) is 1.31. The number of hydrogen-bond acceptors (Lipinski definition) is 4. The number of esters is 1. The molecule has 5 nitrogen and oxygen atoms in total. The van der Waals surface area contributed by atoms with E-state index in [4.69, 9.17) is 5.11 Å². The molecule has 0 fully saturated rings. The summed E-state index contributed by atoms with van der Waals surface area (Å²) < 4.78 is 4.45. The van der Waals surface area contributed by atoms with E-state index in [0.717, 1.165) is 0 Å². The molecule has 5 heteroatoms. The summed E-state index contributed by atoms with van der Waals surface area (Å²) in [6, 6.07) is 1.48. The summed E-state index contributed by atoms with van der Waals surface area (Å²) in [6.07, 6.45) is 6.14. The Morgan fingerprint density at radius 2 is 2.25 bits per heavy atom. The van der Waals surface area contributed by atoms with Gasteiger partial charge < -0.3 is 9.84 Å². The first-order chi connectivity index (χ1) is 7.63. The summed E-state index contributed by atoms with van der Waals surface area (Å²) in [6.45, 7) is 0. The Kier molecular flexibility index (Phi) is 4.20. The van der Waals surface area contributed by atoms with E-state index in [2.05, 4.69) is 9.72 Å². The third-order valence-corrected chi connectivity index (χ3v) is 1.83. The number of rotatable bonds is 4.